The first-order valence-corrected chi connectivity index (χ1v) is 9.48. The standard InChI is InChI=1S/C16H17F4IN4O3/c1-7(16(18,19)20)14-13(21)12(17)10-5-22-15(24-25(10)14)23-9-3-4-27-6-11(9)28-8(2)26/h5,7,9,11H,3-4,6H2,1-2H3,(H,23,24)/t7?,9-,11-/m1/s1. The summed E-state index contributed by atoms with van der Waals surface area (Å²) in [6.45, 7) is 2.80. The first-order chi connectivity index (χ1) is 13.1. The van der Waals surface area contributed by atoms with Gasteiger partial charge in [-0.25, -0.2) is 13.9 Å². The summed E-state index contributed by atoms with van der Waals surface area (Å²) in [7, 11) is 0. The van der Waals surface area contributed by atoms with E-state index in [4.69, 9.17) is 9.47 Å². The van der Waals surface area contributed by atoms with Crippen molar-refractivity contribution in [2.45, 2.75) is 44.5 Å². The molecule has 12 heteroatoms. The average molecular weight is 516 g/mol. The van der Waals surface area contributed by atoms with Gasteiger partial charge in [0.15, 0.2) is 5.82 Å². The van der Waals surface area contributed by atoms with Gasteiger partial charge in [-0.2, -0.15) is 13.2 Å². The third-order valence-corrected chi connectivity index (χ3v) is 5.47. The van der Waals surface area contributed by atoms with E-state index in [9.17, 15) is 22.4 Å². The van der Waals surface area contributed by atoms with Crippen LogP contribution < -0.4 is 5.32 Å². The topological polar surface area (TPSA) is 77.8 Å². The smallest absolute Gasteiger partial charge is 0.397 e. The van der Waals surface area contributed by atoms with Crippen LogP contribution in [0.2, 0.25) is 0 Å². The molecular weight excluding hydrogens is 499 g/mol. The lowest BCUT2D eigenvalue weighted by Crippen LogP contribution is -2.44. The number of hydrogen-bond acceptors (Lipinski definition) is 6. The molecule has 0 aromatic carbocycles. The molecule has 0 spiro atoms. The van der Waals surface area contributed by atoms with E-state index < -0.39 is 36.0 Å². The number of alkyl halides is 3. The van der Waals surface area contributed by atoms with Gasteiger partial charge in [-0.15, -0.1) is 5.10 Å². The first kappa shape index (κ1) is 21.0. The Kier molecular flexibility index (Phi) is 5.98. The predicted octanol–water partition coefficient (Wildman–Crippen LogP) is 3.27. The summed E-state index contributed by atoms with van der Waals surface area (Å²) in [6, 6.07) is -0.391. The van der Waals surface area contributed by atoms with Crippen molar-refractivity contribution in [3.8, 4) is 0 Å². The van der Waals surface area contributed by atoms with E-state index in [1.807, 2.05) is 0 Å². The van der Waals surface area contributed by atoms with Gasteiger partial charge >= 0.3 is 12.1 Å². The van der Waals surface area contributed by atoms with Gasteiger partial charge in [-0.3, -0.25) is 4.79 Å². The number of esters is 1. The molecule has 0 bridgehead atoms. The third-order valence-electron chi connectivity index (χ3n) is 4.44. The fraction of sp³-hybridized carbons (Fsp3) is 0.562. The van der Waals surface area contributed by atoms with E-state index >= 15 is 0 Å². The minimum Gasteiger partial charge on any atom is -0.458 e. The Morgan fingerprint density at radius 3 is 2.86 bits per heavy atom. The molecule has 1 unspecified atom stereocenters. The third kappa shape index (κ3) is 4.16. The molecule has 1 N–H and O–H groups in total. The fourth-order valence-corrected chi connectivity index (χ4v) is 3.94. The molecule has 1 fully saturated rings. The maximum Gasteiger partial charge on any atom is 0.397 e. The molecule has 0 amide bonds. The van der Waals surface area contributed by atoms with Crippen LogP contribution in [-0.4, -0.2) is 52.1 Å². The van der Waals surface area contributed by atoms with Crippen molar-refractivity contribution in [2.75, 3.05) is 18.5 Å². The second kappa shape index (κ2) is 7.97. The molecule has 0 saturated carbocycles. The summed E-state index contributed by atoms with van der Waals surface area (Å²) in [5, 5.41) is 7.02. The summed E-state index contributed by atoms with van der Waals surface area (Å²) in [6.07, 6.45) is -3.55. The van der Waals surface area contributed by atoms with Gasteiger partial charge in [0.05, 0.1) is 34.0 Å². The molecule has 1 saturated heterocycles. The molecule has 0 aliphatic carbocycles. The Labute approximate surface area is 170 Å². The van der Waals surface area contributed by atoms with Crippen molar-refractivity contribution in [3.63, 3.8) is 0 Å². The van der Waals surface area contributed by atoms with Crippen molar-refractivity contribution < 1.29 is 31.8 Å². The van der Waals surface area contributed by atoms with Crippen molar-refractivity contribution >= 4 is 40.0 Å². The zero-order valence-electron chi connectivity index (χ0n) is 14.9. The highest BCUT2D eigenvalue weighted by Crippen LogP contribution is 2.38. The first-order valence-electron chi connectivity index (χ1n) is 8.40. The van der Waals surface area contributed by atoms with E-state index in [1.165, 1.54) is 29.5 Å². The number of rotatable bonds is 4. The van der Waals surface area contributed by atoms with Crippen LogP contribution in [0.4, 0.5) is 23.5 Å². The summed E-state index contributed by atoms with van der Waals surface area (Å²) in [5.41, 5.74) is -0.445. The van der Waals surface area contributed by atoms with Crippen molar-refractivity contribution in [1.29, 1.82) is 0 Å². The van der Waals surface area contributed by atoms with Crippen LogP contribution in [0.25, 0.3) is 5.52 Å². The van der Waals surface area contributed by atoms with Crippen LogP contribution in [0.1, 0.15) is 31.9 Å². The van der Waals surface area contributed by atoms with Crippen molar-refractivity contribution in [1.82, 2.24) is 14.6 Å². The fourth-order valence-electron chi connectivity index (χ4n) is 2.97. The van der Waals surface area contributed by atoms with Gasteiger partial charge in [0, 0.05) is 13.5 Å². The summed E-state index contributed by atoms with van der Waals surface area (Å²) >= 11 is 1.54. The summed E-state index contributed by atoms with van der Waals surface area (Å²) in [4.78, 5) is 15.3. The van der Waals surface area contributed by atoms with Gasteiger partial charge in [-0.05, 0) is 35.9 Å². The molecule has 2 aromatic rings. The molecule has 3 heterocycles. The molecule has 154 valence electrons. The quantitative estimate of drug-likeness (QED) is 0.382. The Balaban J connectivity index is 1.96. The minimum absolute atomic E-state index is 0.00132. The van der Waals surface area contributed by atoms with Crippen LogP contribution in [0.3, 0.4) is 0 Å². The number of carbonyl (C=O) groups excluding carboxylic acids is 1. The minimum atomic E-state index is -4.56. The lowest BCUT2D eigenvalue weighted by Gasteiger charge is -2.31. The number of nitrogens with zero attached hydrogens (tertiary/aromatic N) is 3. The maximum absolute atomic E-state index is 14.4. The number of nitrogens with one attached hydrogen (secondary N) is 1. The zero-order valence-corrected chi connectivity index (χ0v) is 17.0. The van der Waals surface area contributed by atoms with Gasteiger partial charge in [-0.1, -0.05) is 0 Å². The Bertz CT molecular complexity index is 889. The highest BCUT2D eigenvalue weighted by Gasteiger charge is 2.41. The van der Waals surface area contributed by atoms with Gasteiger partial charge in [0.1, 0.15) is 11.6 Å². The number of anilines is 1. The normalized spacial score (nSPS) is 21.5. The molecule has 28 heavy (non-hydrogen) atoms. The number of aromatic nitrogens is 3. The van der Waals surface area contributed by atoms with Crippen LogP contribution in [0, 0.1) is 9.39 Å². The largest absolute Gasteiger partial charge is 0.458 e. The SMILES string of the molecule is CC(=O)O[C@@H]1COCC[C@H]1Nc1ncc2c(F)c(I)c(C(C)C(F)(F)F)n2n1. The zero-order chi connectivity index (χ0) is 20.6. The van der Waals surface area contributed by atoms with E-state index in [0.717, 1.165) is 17.6 Å². The highest BCUT2D eigenvalue weighted by atomic mass is 127. The average Bonchev–Trinajstić information content (AvgIpc) is 2.85. The Hall–Kier alpha value is -1.70. The van der Waals surface area contributed by atoms with Crippen LogP contribution >= 0.6 is 22.6 Å². The van der Waals surface area contributed by atoms with Crippen LogP contribution in [-0.2, 0) is 14.3 Å². The number of carbonyl (C=O) groups is 1. The van der Waals surface area contributed by atoms with Crippen LogP contribution in [0.5, 0.6) is 0 Å². The summed E-state index contributed by atoms with van der Waals surface area (Å²) < 4.78 is 65.4. The predicted molar refractivity (Wildman–Crippen MR) is 98.5 cm³/mol. The van der Waals surface area contributed by atoms with Gasteiger partial charge in [0.2, 0.25) is 5.95 Å². The Morgan fingerprint density at radius 2 is 2.21 bits per heavy atom. The van der Waals surface area contributed by atoms with E-state index in [-0.39, 0.29) is 27.3 Å². The molecule has 0 radical (unpaired) electrons. The second-order valence-electron chi connectivity index (χ2n) is 6.42. The monoisotopic (exact) mass is 516 g/mol. The lowest BCUT2D eigenvalue weighted by atomic mass is 10.1. The molecule has 1 aliphatic heterocycles. The number of fused-ring (bicyclic) bond motifs is 1. The molecule has 3 rings (SSSR count). The molecule has 1 aliphatic rings. The number of hydrogen-bond donors (Lipinski definition) is 1. The van der Waals surface area contributed by atoms with Crippen molar-refractivity contribution in [3.05, 3.63) is 21.3 Å². The number of ether oxygens (including phenoxy) is 2. The van der Waals surface area contributed by atoms with E-state index in [1.54, 1.807) is 0 Å². The Morgan fingerprint density at radius 1 is 1.50 bits per heavy atom. The number of halogens is 5. The van der Waals surface area contributed by atoms with Gasteiger partial charge in [0.25, 0.3) is 0 Å². The van der Waals surface area contributed by atoms with Crippen LogP contribution in [0.15, 0.2) is 6.20 Å². The molecule has 2 aromatic heterocycles. The van der Waals surface area contributed by atoms with Crippen molar-refractivity contribution in [2.24, 2.45) is 0 Å². The lowest BCUT2D eigenvalue weighted by molar-refractivity contribution is -0.153. The molecular formula is C16H17F4IN4O3. The highest BCUT2D eigenvalue weighted by molar-refractivity contribution is 14.1. The van der Waals surface area contributed by atoms with E-state index in [0.29, 0.717) is 13.0 Å². The molecule has 3 atom stereocenters. The van der Waals surface area contributed by atoms with E-state index in [2.05, 4.69) is 15.4 Å². The summed E-state index contributed by atoms with van der Waals surface area (Å²) in [5.74, 6) is -3.21. The molecule has 7 nitrogen and oxygen atoms in total. The van der Waals surface area contributed by atoms with Gasteiger partial charge < -0.3 is 14.8 Å². The maximum atomic E-state index is 14.4. The second-order valence-corrected chi connectivity index (χ2v) is 7.50.